The minimum absolute atomic E-state index is 0.00899. The molecule has 0 aliphatic carbocycles. The standard InChI is InChI=1S/C11H17N3O5/c1-2-6(10(17)18)5-12-11(19)13-7-3-4-8(15)14-9(7)16/h6-7H,2-5H2,1H3,(H,17,18)(H2,12,13,19)(H,14,15,16). The second-order valence-corrected chi connectivity index (χ2v) is 4.30. The van der Waals surface area contributed by atoms with Crippen LogP contribution in [0.4, 0.5) is 4.79 Å². The first-order chi connectivity index (χ1) is 8.93. The Morgan fingerprint density at radius 1 is 1.47 bits per heavy atom. The third-order valence-corrected chi connectivity index (χ3v) is 2.90. The molecule has 2 atom stereocenters. The van der Waals surface area contributed by atoms with Gasteiger partial charge in [0.05, 0.1) is 5.92 Å². The highest BCUT2D eigenvalue weighted by molar-refractivity contribution is 6.01. The van der Waals surface area contributed by atoms with E-state index in [-0.39, 0.29) is 25.3 Å². The first kappa shape index (κ1) is 14.9. The van der Waals surface area contributed by atoms with Crippen molar-refractivity contribution >= 4 is 23.8 Å². The topological polar surface area (TPSA) is 125 Å². The van der Waals surface area contributed by atoms with Crippen LogP contribution >= 0.6 is 0 Å². The summed E-state index contributed by atoms with van der Waals surface area (Å²) in [6.07, 6.45) is 0.811. The Labute approximate surface area is 109 Å². The van der Waals surface area contributed by atoms with Crippen molar-refractivity contribution in [3.05, 3.63) is 0 Å². The van der Waals surface area contributed by atoms with E-state index in [9.17, 15) is 19.2 Å². The number of carbonyl (C=O) groups is 4. The van der Waals surface area contributed by atoms with Crippen molar-refractivity contribution in [2.45, 2.75) is 32.2 Å². The van der Waals surface area contributed by atoms with Crippen LogP contribution in [-0.4, -0.2) is 41.5 Å². The Kier molecular flexibility index (Phi) is 5.28. The molecule has 0 bridgehead atoms. The summed E-state index contributed by atoms with van der Waals surface area (Å²) >= 11 is 0. The van der Waals surface area contributed by atoms with Crippen molar-refractivity contribution in [1.82, 2.24) is 16.0 Å². The van der Waals surface area contributed by atoms with Crippen LogP contribution in [0.25, 0.3) is 0 Å². The molecule has 0 saturated carbocycles. The maximum Gasteiger partial charge on any atom is 0.315 e. The van der Waals surface area contributed by atoms with Gasteiger partial charge in [0.2, 0.25) is 11.8 Å². The fourth-order valence-corrected chi connectivity index (χ4v) is 1.66. The van der Waals surface area contributed by atoms with Crippen molar-refractivity contribution in [2.24, 2.45) is 5.92 Å². The molecule has 1 rings (SSSR count). The Bertz CT molecular complexity index is 396. The molecule has 1 aliphatic rings. The molecule has 0 aromatic heterocycles. The molecule has 19 heavy (non-hydrogen) atoms. The zero-order valence-corrected chi connectivity index (χ0v) is 10.6. The number of rotatable bonds is 5. The van der Waals surface area contributed by atoms with Crippen molar-refractivity contribution in [1.29, 1.82) is 0 Å². The average molecular weight is 271 g/mol. The molecule has 0 radical (unpaired) electrons. The third kappa shape index (κ3) is 4.57. The minimum Gasteiger partial charge on any atom is -0.481 e. The van der Waals surface area contributed by atoms with Gasteiger partial charge in [-0.3, -0.25) is 19.7 Å². The van der Waals surface area contributed by atoms with Crippen LogP contribution in [-0.2, 0) is 14.4 Å². The van der Waals surface area contributed by atoms with Crippen LogP contribution in [0.3, 0.4) is 0 Å². The number of carbonyl (C=O) groups excluding carboxylic acids is 3. The molecule has 1 saturated heterocycles. The van der Waals surface area contributed by atoms with Crippen molar-refractivity contribution in [3.8, 4) is 0 Å². The fraction of sp³-hybridized carbons (Fsp3) is 0.636. The molecule has 4 N–H and O–H groups in total. The lowest BCUT2D eigenvalue weighted by Gasteiger charge is -2.22. The molecule has 0 aromatic carbocycles. The summed E-state index contributed by atoms with van der Waals surface area (Å²) in [5, 5.41) is 15.7. The number of aliphatic carboxylic acids is 1. The molecule has 0 spiro atoms. The van der Waals surface area contributed by atoms with Gasteiger partial charge in [0.15, 0.2) is 0 Å². The number of carboxylic acids is 1. The Hall–Kier alpha value is -2.12. The summed E-state index contributed by atoms with van der Waals surface area (Å²) < 4.78 is 0. The summed E-state index contributed by atoms with van der Waals surface area (Å²) in [6, 6.07) is -1.38. The van der Waals surface area contributed by atoms with Crippen LogP contribution in [0.15, 0.2) is 0 Å². The number of hydrogen-bond donors (Lipinski definition) is 4. The van der Waals surface area contributed by atoms with Gasteiger partial charge in [-0.2, -0.15) is 0 Å². The van der Waals surface area contributed by atoms with E-state index in [1.807, 2.05) is 0 Å². The van der Waals surface area contributed by atoms with Crippen LogP contribution < -0.4 is 16.0 Å². The van der Waals surface area contributed by atoms with Crippen LogP contribution in [0, 0.1) is 5.92 Å². The van der Waals surface area contributed by atoms with E-state index < -0.39 is 29.9 Å². The lowest BCUT2D eigenvalue weighted by atomic mass is 10.1. The highest BCUT2D eigenvalue weighted by Gasteiger charge is 2.28. The van der Waals surface area contributed by atoms with Gasteiger partial charge in [-0.25, -0.2) is 4.79 Å². The smallest absolute Gasteiger partial charge is 0.315 e. The van der Waals surface area contributed by atoms with E-state index in [0.717, 1.165) is 0 Å². The number of piperidine rings is 1. The number of amides is 4. The van der Waals surface area contributed by atoms with E-state index in [4.69, 9.17) is 5.11 Å². The first-order valence-corrected chi connectivity index (χ1v) is 6.05. The van der Waals surface area contributed by atoms with Crippen molar-refractivity contribution in [3.63, 3.8) is 0 Å². The zero-order valence-electron chi connectivity index (χ0n) is 10.6. The van der Waals surface area contributed by atoms with Gasteiger partial charge in [0, 0.05) is 13.0 Å². The van der Waals surface area contributed by atoms with Gasteiger partial charge >= 0.3 is 12.0 Å². The molecule has 0 aromatic rings. The summed E-state index contributed by atoms with van der Waals surface area (Å²) in [5.74, 6) is -2.55. The average Bonchev–Trinajstić information content (AvgIpc) is 2.33. The molecule has 4 amide bonds. The Morgan fingerprint density at radius 3 is 2.68 bits per heavy atom. The van der Waals surface area contributed by atoms with Gasteiger partial charge in [-0.1, -0.05) is 6.92 Å². The maximum absolute atomic E-state index is 11.5. The predicted molar refractivity (Wildman–Crippen MR) is 64.1 cm³/mol. The van der Waals surface area contributed by atoms with Gasteiger partial charge < -0.3 is 15.7 Å². The van der Waals surface area contributed by atoms with Gasteiger partial charge in [-0.05, 0) is 12.8 Å². The van der Waals surface area contributed by atoms with E-state index in [0.29, 0.717) is 6.42 Å². The third-order valence-electron chi connectivity index (χ3n) is 2.90. The molecule has 1 aliphatic heterocycles. The lowest BCUT2D eigenvalue weighted by molar-refractivity contribution is -0.141. The number of imide groups is 1. The molecule has 1 fully saturated rings. The normalized spacial score (nSPS) is 20.4. The van der Waals surface area contributed by atoms with Gasteiger partial charge in [0.1, 0.15) is 6.04 Å². The second-order valence-electron chi connectivity index (χ2n) is 4.30. The Balaban J connectivity index is 2.37. The van der Waals surface area contributed by atoms with Crippen LogP contribution in [0.2, 0.25) is 0 Å². The van der Waals surface area contributed by atoms with E-state index in [2.05, 4.69) is 16.0 Å². The first-order valence-electron chi connectivity index (χ1n) is 6.05. The van der Waals surface area contributed by atoms with Crippen molar-refractivity contribution < 1.29 is 24.3 Å². The summed E-state index contributed by atoms with van der Waals surface area (Å²) in [6.45, 7) is 1.70. The number of hydrogen-bond acceptors (Lipinski definition) is 4. The molecule has 106 valence electrons. The zero-order chi connectivity index (χ0) is 14.4. The molecule has 8 nitrogen and oxygen atoms in total. The second kappa shape index (κ2) is 6.72. The van der Waals surface area contributed by atoms with Crippen LogP contribution in [0.1, 0.15) is 26.2 Å². The number of urea groups is 1. The number of carboxylic acid groups (broad SMARTS) is 1. The predicted octanol–water partition coefficient (Wildman–Crippen LogP) is -0.798. The van der Waals surface area contributed by atoms with E-state index >= 15 is 0 Å². The number of nitrogens with one attached hydrogen (secondary N) is 3. The Morgan fingerprint density at radius 2 is 2.16 bits per heavy atom. The fourth-order valence-electron chi connectivity index (χ4n) is 1.66. The highest BCUT2D eigenvalue weighted by atomic mass is 16.4. The molecule has 1 heterocycles. The highest BCUT2D eigenvalue weighted by Crippen LogP contribution is 2.04. The molecule has 8 heteroatoms. The summed E-state index contributed by atoms with van der Waals surface area (Å²) in [7, 11) is 0. The molecular formula is C11H17N3O5. The molecule has 2 unspecified atom stereocenters. The van der Waals surface area contributed by atoms with Gasteiger partial charge in [0.25, 0.3) is 0 Å². The van der Waals surface area contributed by atoms with Crippen LogP contribution in [0.5, 0.6) is 0 Å². The monoisotopic (exact) mass is 271 g/mol. The van der Waals surface area contributed by atoms with E-state index in [1.165, 1.54) is 0 Å². The summed E-state index contributed by atoms with van der Waals surface area (Å²) in [4.78, 5) is 44.5. The molecular weight excluding hydrogens is 254 g/mol. The van der Waals surface area contributed by atoms with E-state index in [1.54, 1.807) is 6.92 Å². The minimum atomic E-state index is -0.983. The summed E-state index contributed by atoms with van der Waals surface area (Å²) in [5.41, 5.74) is 0. The van der Waals surface area contributed by atoms with Gasteiger partial charge in [-0.15, -0.1) is 0 Å². The van der Waals surface area contributed by atoms with Crippen molar-refractivity contribution in [2.75, 3.05) is 6.54 Å². The largest absolute Gasteiger partial charge is 0.481 e. The quantitative estimate of drug-likeness (QED) is 0.487. The SMILES string of the molecule is CCC(CNC(=O)NC1CCC(=O)NC1=O)C(=O)O. The lowest BCUT2D eigenvalue weighted by Crippen LogP contribution is -2.54. The maximum atomic E-state index is 11.5.